The maximum Gasteiger partial charge on any atom is 0.334 e. The molecule has 0 saturated heterocycles. The number of hydrogen-bond donors (Lipinski definition) is 0. The summed E-state index contributed by atoms with van der Waals surface area (Å²) in [6.45, 7) is 2.25. The van der Waals surface area contributed by atoms with E-state index >= 15 is 0 Å². The number of thioether (sulfide) groups is 1. The lowest BCUT2D eigenvalue weighted by atomic mass is 10.1. The highest BCUT2D eigenvalue weighted by molar-refractivity contribution is 9.10. The van der Waals surface area contributed by atoms with Crippen molar-refractivity contribution in [3.05, 3.63) is 33.8 Å². The van der Waals surface area contributed by atoms with Crippen molar-refractivity contribution in [2.24, 2.45) is 0 Å². The lowest BCUT2D eigenvalue weighted by Crippen LogP contribution is -2.07. The van der Waals surface area contributed by atoms with Gasteiger partial charge in [0.25, 0.3) is 0 Å². The summed E-state index contributed by atoms with van der Waals surface area (Å²) in [5, 5.41) is 0. The van der Waals surface area contributed by atoms with E-state index < -0.39 is 0 Å². The normalized spacial score (nSPS) is 14.6. The van der Waals surface area contributed by atoms with Gasteiger partial charge in [0.15, 0.2) is 0 Å². The highest BCUT2D eigenvalue weighted by Gasteiger charge is 2.15. The Bertz CT molecular complexity index is 468. The van der Waals surface area contributed by atoms with Gasteiger partial charge in [0.1, 0.15) is 0 Å². The van der Waals surface area contributed by atoms with Crippen LogP contribution in [0.15, 0.2) is 33.1 Å². The van der Waals surface area contributed by atoms with Crippen LogP contribution < -0.4 is 0 Å². The Labute approximate surface area is 114 Å². The Kier molecular flexibility index (Phi) is 4.29. The van der Waals surface area contributed by atoms with Crippen molar-refractivity contribution in [1.82, 2.24) is 0 Å². The van der Waals surface area contributed by atoms with E-state index in [4.69, 9.17) is 4.74 Å². The molecule has 2 rings (SSSR count). The number of carbonyl (C=O) groups is 1. The molecular formula is C13H13BrO2S. The average Bonchev–Trinajstić information content (AvgIpc) is 2.50. The van der Waals surface area contributed by atoms with Crippen LogP contribution in [0.3, 0.4) is 0 Å². The molecule has 1 aliphatic rings. The topological polar surface area (TPSA) is 26.3 Å². The first kappa shape index (κ1) is 12.7. The summed E-state index contributed by atoms with van der Waals surface area (Å²) in [4.78, 5) is 12.9. The number of rotatable bonds is 2. The zero-order valence-corrected chi connectivity index (χ0v) is 11.9. The molecular weight excluding hydrogens is 300 g/mol. The SMILES string of the molecule is CCOC(=O)C1=Cc2cc(Br)ccc2SCC1. The van der Waals surface area contributed by atoms with Crippen LogP contribution in [0.5, 0.6) is 0 Å². The van der Waals surface area contributed by atoms with Crippen LogP contribution in [0.2, 0.25) is 0 Å². The van der Waals surface area contributed by atoms with Crippen molar-refractivity contribution < 1.29 is 9.53 Å². The highest BCUT2D eigenvalue weighted by Crippen LogP contribution is 2.32. The Hall–Kier alpha value is -0.740. The lowest BCUT2D eigenvalue weighted by molar-refractivity contribution is -0.138. The Morgan fingerprint density at radius 3 is 3.12 bits per heavy atom. The zero-order chi connectivity index (χ0) is 12.3. The van der Waals surface area contributed by atoms with E-state index in [2.05, 4.69) is 22.0 Å². The van der Waals surface area contributed by atoms with E-state index in [0.717, 1.165) is 27.8 Å². The van der Waals surface area contributed by atoms with Gasteiger partial charge in [-0.3, -0.25) is 0 Å². The fourth-order valence-electron chi connectivity index (χ4n) is 1.68. The number of esters is 1. The summed E-state index contributed by atoms with van der Waals surface area (Å²) < 4.78 is 6.08. The van der Waals surface area contributed by atoms with Gasteiger partial charge >= 0.3 is 5.97 Å². The molecule has 4 heteroatoms. The van der Waals surface area contributed by atoms with Crippen molar-refractivity contribution in [1.29, 1.82) is 0 Å². The number of hydrogen-bond acceptors (Lipinski definition) is 3. The number of ether oxygens (including phenoxy) is 1. The fourth-order valence-corrected chi connectivity index (χ4v) is 3.05. The predicted molar refractivity (Wildman–Crippen MR) is 74.1 cm³/mol. The van der Waals surface area contributed by atoms with Gasteiger partial charge < -0.3 is 4.74 Å². The van der Waals surface area contributed by atoms with Crippen LogP contribution in [-0.4, -0.2) is 18.3 Å². The fraction of sp³-hybridized carbons (Fsp3) is 0.308. The molecule has 0 unspecified atom stereocenters. The van der Waals surface area contributed by atoms with Crippen molar-refractivity contribution >= 4 is 39.7 Å². The average molecular weight is 313 g/mol. The van der Waals surface area contributed by atoms with Crippen molar-refractivity contribution in [2.45, 2.75) is 18.2 Å². The summed E-state index contributed by atoms with van der Waals surface area (Å²) >= 11 is 5.23. The molecule has 0 radical (unpaired) electrons. The first-order chi connectivity index (χ1) is 8.20. The molecule has 1 aliphatic heterocycles. The minimum atomic E-state index is -0.194. The summed E-state index contributed by atoms with van der Waals surface area (Å²) in [6.07, 6.45) is 2.70. The molecule has 0 amide bonds. The molecule has 2 nitrogen and oxygen atoms in total. The molecule has 1 heterocycles. The summed E-state index contributed by atoms with van der Waals surface area (Å²) in [7, 11) is 0. The second kappa shape index (κ2) is 5.74. The van der Waals surface area contributed by atoms with E-state index in [9.17, 15) is 4.79 Å². The minimum Gasteiger partial charge on any atom is -0.463 e. The van der Waals surface area contributed by atoms with Gasteiger partial charge in [-0.05, 0) is 43.2 Å². The Morgan fingerprint density at radius 2 is 2.35 bits per heavy atom. The molecule has 0 fully saturated rings. The molecule has 0 saturated carbocycles. The first-order valence-corrected chi connectivity index (χ1v) is 7.28. The van der Waals surface area contributed by atoms with E-state index in [0.29, 0.717) is 6.61 Å². The van der Waals surface area contributed by atoms with Gasteiger partial charge in [0, 0.05) is 20.7 Å². The van der Waals surface area contributed by atoms with Crippen LogP contribution in [0.4, 0.5) is 0 Å². The van der Waals surface area contributed by atoms with Crippen molar-refractivity contribution in [3.63, 3.8) is 0 Å². The molecule has 90 valence electrons. The van der Waals surface area contributed by atoms with Crippen LogP contribution in [0.1, 0.15) is 18.9 Å². The van der Waals surface area contributed by atoms with Crippen LogP contribution in [-0.2, 0) is 9.53 Å². The van der Waals surface area contributed by atoms with Crippen LogP contribution >= 0.6 is 27.7 Å². The Morgan fingerprint density at radius 1 is 1.53 bits per heavy atom. The van der Waals surface area contributed by atoms with E-state index in [-0.39, 0.29) is 5.97 Å². The van der Waals surface area contributed by atoms with Gasteiger partial charge in [0.05, 0.1) is 6.61 Å². The van der Waals surface area contributed by atoms with Crippen LogP contribution in [0, 0.1) is 0 Å². The number of fused-ring (bicyclic) bond motifs is 1. The van der Waals surface area contributed by atoms with Gasteiger partial charge in [-0.15, -0.1) is 11.8 Å². The monoisotopic (exact) mass is 312 g/mol. The zero-order valence-electron chi connectivity index (χ0n) is 9.53. The van der Waals surface area contributed by atoms with Gasteiger partial charge in [-0.2, -0.15) is 0 Å². The molecule has 17 heavy (non-hydrogen) atoms. The molecule has 0 aliphatic carbocycles. The lowest BCUT2D eigenvalue weighted by Gasteiger charge is -2.04. The maximum atomic E-state index is 11.7. The minimum absolute atomic E-state index is 0.194. The molecule has 0 spiro atoms. The maximum absolute atomic E-state index is 11.7. The standard InChI is InChI=1S/C13H13BrO2S/c1-2-16-13(15)9-5-6-17-12-4-3-11(14)8-10(12)7-9/h3-4,7-8H,2,5-6H2,1H3. The molecule has 1 aromatic carbocycles. The molecule has 1 aromatic rings. The third-order valence-electron chi connectivity index (χ3n) is 2.47. The summed E-state index contributed by atoms with van der Waals surface area (Å²) in [5.41, 5.74) is 1.85. The smallest absolute Gasteiger partial charge is 0.334 e. The highest BCUT2D eigenvalue weighted by atomic mass is 79.9. The van der Waals surface area contributed by atoms with E-state index in [1.807, 2.05) is 25.1 Å². The van der Waals surface area contributed by atoms with E-state index in [1.54, 1.807) is 11.8 Å². The third-order valence-corrected chi connectivity index (χ3v) is 4.05. The quantitative estimate of drug-likeness (QED) is 0.775. The van der Waals surface area contributed by atoms with Crippen LogP contribution in [0.25, 0.3) is 6.08 Å². The molecule has 0 aromatic heterocycles. The number of benzene rings is 1. The molecule has 0 bridgehead atoms. The van der Waals surface area contributed by atoms with Gasteiger partial charge in [0.2, 0.25) is 0 Å². The predicted octanol–water partition coefficient (Wildman–Crippen LogP) is 3.89. The number of carbonyl (C=O) groups excluding carboxylic acids is 1. The summed E-state index contributed by atoms with van der Waals surface area (Å²) in [5.74, 6) is 0.722. The van der Waals surface area contributed by atoms with Crippen molar-refractivity contribution in [2.75, 3.05) is 12.4 Å². The second-order valence-corrected chi connectivity index (χ2v) is 5.72. The first-order valence-electron chi connectivity index (χ1n) is 5.50. The molecule has 0 atom stereocenters. The van der Waals surface area contributed by atoms with Crippen molar-refractivity contribution in [3.8, 4) is 0 Å². The molecule has 0 N–H and O–H groups in total. The number of halogens is 1. The second-order valence-electron chi connectivity index (χ2n) is 3.67. The summed E-state index contributed by atoms with van der Waals surface area (Å²) in [6, 6.07) is 6.14. The largest absolute Gasteiger partial charge is 0.463 e. The Balaban J connectivity index is 2.34. The van der Waals surface area contributed by atoms with E-state index in [1.165, 1.54) is 4.90 Å². The van der Waals surface area contributed by atoms with Gasteiger partial charge in [-0.1, -0.05) is 15.9 Å². The van der Waals surface area contributed by atoms with Gasteiger partial charge in [-0.25, -0.2) is 4.79 Å². The third kappa shape index (κ3) is 3.13.